The first-order valence-corrected chi connectivity index (χ1v) is 7.86. The highest BCUT2D eigenvalue weighted by Crippen LogP contribution is 2.25. The third-order valence-electron chi connectivity index (χ3n) is 3.48. The summed E-state index contributed by atoms with van der Waals surface area (Å²) in [6.45, 7) is 3.01. The Morgan fingerprint density at radius 2 is 2.15 bits per heavy atom. The number of carboxylic acid groups (broad SMARTS) is 1. The summed E-state index contributed by atoms with van der Waals surface area (Å²) in [7, 11) is 0. The second kappa shape index (κ2) is 6.79. The first kappa shape index (κ1) is 14.9. The summed E-state index contributed by atoms with van der Waals surface area (Å²) >= 11 is 1.64. The molecule has 0 spiro atoms. The summed E-state index contributed by atoms with van der Waals surface area (Å²) in [5, 5.41) is 9.11. The fourth-order valence-electron chi connectivity index (χ4n) is 2.46. The van der Waals surface area contributed by atoms with Crippen LogP contribution in [0.15, 0.2) is 29.2 Å². The molecule has 1 N–H and O–H groups in total. The van der Waals surface area contributed by atoms with E-state index in [1.54, 1.807) is 16.7 Å². The Hall–Kier alpha value is -1.49. The molecular formula is C15H19NO3S. The van der Waals surface area contributed by atoms with E-state index in [1.807, 2.05) is 31.2 Å². The SMILES string of the molecule is CCSc1ccccc1C(=O)N1CCC[C@H](C(=O)O)C1. The van der Waals surface area contributed by atoms with Crippen LogP contribution in [0.1, 0.15) is 30.1 Å². The molecule has 1 aromatic rings. The van der Waals surface area contributed by atoms with Crippen LogP contribution in [0.4, 0.5) is 0 Å². The van der Waals surface area contributed by atoms with Crippen molar-refractivity contribution in [2.75, 3.05) is 18.8 Å². The monoisotopic (exact) mass is 293 g/mol. The molecule has 0 aromatic heterocycles. The van der Waals surface area contributed by atoms with Gasteiger partial charge in [-0.25, -0.2) is 0 Å². The quantitative estimate of drug-likeness (QED) is 0.867. The Morgan fingerprint density at radius 3 is 2.85 bits per heavy atom. The van der Waals surface area contributed by atoms with E-state index in [9.17, 15) is 9.59 Å². The van der Waals surface area contributed by atoms with Gasteiger partial charge in [0.2, 0.25) is 0 Å². The average Bonchev–Trinajstić information content (AvgIpc) is 2.47. The average molecular weight is 293 g/mol. The van der Waals surface area contributed by atoms with Crippen LogP contribution in [0.25, 0.3) is 0 Å². The first-order chi connectivity index (χ1) is 9.63. The van der Waals surface area contributed by atoms with Gasteiger partial charge in [-0.15, -0.1) is 11.8 Å². The van der Waals surface area contributed by atoms with Crippen molar-refractivity contribution in [2.24, 2.45) is 5.92 Å². The molecule has 1 fully saturated rings. The summed E-state index contributed by atoms with van der Waals surface area (Å²) in [5.74, 6) is -0.382. The molecule has 20 heavy (non-hydrogen) atoms. The molecule has 1 aliphatic rings. The Kier molecular flexibility index (Phi) is 5.06. The third kappa shape index (κ3) is 3.33. The van der Waals surface area contributed by atoms with Crippen LogP contribution in [0, 0.1) is 5.92 Å². The van der Waals surface area contributed by atoms with Crippen molar-refractivity contribution >= 4 is 23.6 Å². The van der Waals surface area contributed by atoms with Crippen molar-refractivity contribution in [1.29, 1.82) is 0 Å². The zero-order valence-corrected chi connectivity index (χ0v) is 12.4. The smallest absolute Gasteiger partial charge is 0.308 e. The molecule has 2 rings (SSSR count). The molecule has 0 radical (unpaired) electrons. The molecular weight excluding hydrogens is 274 g/mol. The second-order valence-electron chi connectivity index (χ2n) is 4.86. The van der Waals surface area contributed by atoms with E-state index in [4.69, 9.17) is 5.11 Å². The number of amides is 1. The predicted octanol–water partition coefficient (Wildman–Crippen LogP) is 2.74. The van der Waals surface area contributed by atoms with Crippen LogP contribution in [0.2, 0.25) is 0 Å². The van der Waals surface area contributed by atoms with Crippen LogP contribution in [-0.2, 0) is 4.79 Å². The van der Waals surface area contributed by atoms with E-state index in [1.165, 1.54) is 0 Å². The van der Waals surface area contributed by atoms with Crippen molar-refractivity contribution in [3.63, 3.8) is 0 Å². The van der Waals surface area contributed by atoms with Gasteiger partial charge in [0.15, 0.2) is 0 Å². The van der Waals surface area contributed by atoms with Gasteiger partial charge in [0.05, 0.1) is 11.5 Å². The first-order valence-electron chi connectivity index (χ1n) is 6.87. The topological polar surface area (TPSA) is 57.6 Å². The number of carboxylic acids is 1. The maximum Gasteiger partial charge on any atom is 0.308 e. The molecule has 108 valence electrons. The molecule has 1 aliphatic heterocycles. The standard InChI is InChI=1S/C15H19NO3S/c1-2-20-13-8-4-3-7-12(13)14(17)16-9-5-6-11(10-16)15(18)19/h3-4,7-8,11H,2,5-6,9-10H2,1H3,(H,18,19)/t11-/m0/s1. The number of piperidine rings is 1. The highest BCUT2D eigenvalue weighted by Gasteiger charge is 2.29. The molecule has 1 heterocycles. The van der Waals surface area contributed by atoms with Crippen molar-refractivity contribution in [3.05, 3.63) is 29.8 Å². The number of rotatable bonds is 4. The van der Waals surface area contributed by atoms with Crippen molar-refractivity contribution in [1.82, 2.24) is 4.90 Å². The Morgan fingerprint density at radius 1 is 1.40 bits per heavy atom. The fraction of sp³-hybridized carbons (Fsp3) is 0.467. The van der Waals surface area contributed by atoms with Gasteiger partial charge in [0, 0.05) is 18.0 Å². The lowest BCUT2D eigenvalue weighted by Crippen LogP contribution is -2.42. The molecule has 0 bridgehead atoms. The lowest BCUT2D eigenvalue weighted by molar-refractivity contribution is -0.143. The Balaban J connectivity index is 2.16. The summed E-state index contributed by atoms with van der Waals surface area (Å²) in [6.07, 6.45) is 1.41. The van der Waals surface area contributed by atoms with E-state index in [2.05, 4.69) is 0 Å². The van der Waals surface area contributed by atoms with Crippen molar-refractivity contribution in [2.45, 2.75) is 24.7 Å². The van der Waals surface area contributed by atoms with Gasteiger partial charge in [-0.3, -0.25) is 9.59 Å². The molecule has 4 nitrogen and oxygen atoms in total. The highest BCUT2D eigenvalue weighted by atomic mass is 32.2. The maximum absolute atomic E-state index is 12.6. The number of hydrogen-bond donors (Lipinski definition) is 1. The third-order valence-corrected chi connectivity index (χ3v) is 4.43. The van der Waals surface area contributed by atoms with Gasteiger partial charge >= 0.3 is 5.97 Å². The molecule has 0 unspecified atom stereocenters. The molecule has 0 aliphatic carbocycles. The summed E-state index contributed by atoms with van der Waals surface area (Å²) in [6, 6.07) is 7.54. The zero-order valence-electron chi connectivity index (χ0n) is 11.5. The Labute approximate surface area is 123 Å². The fourth-order valence-corrected chi connectivity index (χ4v) is 3.25. The van der Waals surface area contributed by atoms with Crippen LogP contribution >= 0.6 is 11.8 Å². The van der Waals surface area contributed by atoms with Crippen molar-refractivity contribution < 1.29 is 14.7 Å². The summed E-state index contributed by atoms with van der Waals surface area (Å²) < 4.78 is 0. The number of nitrogens with zero attached hydrogens (tertiary/aromatic N) is 1. The van der Waals surface area contributed by atoms with Gasteiger partial charge in [-0.1, -0.05) is 19.1 Å². The minimum absolute atomic E-state index is 0.0486. The highest BCUT2D eigenvalue weighted by molar-refractivity contribution is 7.99. The molecule has 0 saturated carbocycles. The number of likely N-dealkylation sites (tertiary alicyclic amines) is 1. The number of carbonyl (C=O) groups is 2. The largest absolute Gasteiger partial charge is 0.481 e. The van der Waals surface area contributed by atoms with Crippen LogP contribution in [0.5, 0.6) is 0 Å². The number of hydrogen-bond acceptors (Lipinski definition) is 3. The van der Waals surface area contributed by atoms with E-state index in [0.717, 1.165) is 17.1 Å². The van der Waals surface area contributed by atoms with E-state index >= 15 is 0 Å². The van der Waals surface area contributed by atoms with Crippen LogP contribution < -0.4 is 0 Å². The minimum Gasteiger partial charge on any atom is -0.481 e. The van der Waals surface area contributed by atoms with Crippen molar-refractivity contribution in [3.8, 4) is 0 Å². The normalized spacial score (nSPS) is 18.9. The summed E-state index contributed by atoms with van der Waals surface area (Å²) in [5.41, 5.74) is 0.686. The molecule has 1 amide bonds. The lowest BCUT2D eigenvalue weighted by Gasteiger charge is -2.31. The van der Waals surface area contributed by atoms with Gasteiger partial charge in [-0.2, -0.15) is 0 Å². The number of carbonyl (C=O) groups excluding carboxylic acids is 1. The predicted molar refractivity (Wildman–Crippen MR) is 79.1 cm³/mol. The lowest BCUT2D eigenvalue weighted by atomic mass is 9.97. The molecule has 1 atom stereocenters. The molecule has 1 aromatic carbocycles. The summed E-state index contributed by atoms with van der Waals surface area (Å²) in [4.78, 5) is 26.3. The van der Waals surface area contributed by atoms with E-state index < -0.39 is 11.9 Å². The van der Waals surface area contributed by atoms with Gasteiger partial charge in [-0.05, 0) is 30.7 Å². The van der Waals surface area contributed by atoms with Gasteiger partial charge < -0.3 is 10.0 Å². The van der Waals surface area contributed by atoms with Crippen LogP contribution in [0.3, 0.4) is 0 Å². The van der Waals surface area contributed by atoms with Gasteiger partial charge in [0.1, 0.15) is 0 Å². The number of benzene rings is 1. The molecule has 1 saturated heterocycles. The number of aliphatic carboxylic acids is 1. The van der Waals surface area contributed by atoms with E-state index in [0.29, 0.717) is 25.1 Å². The number of thioether (sulfide) groups is 1. The minimum atomic E-state index is -0.807. The van der Waals surface area contributed by atoms with E-state index in [-0.39, 0.29) is 5.91 Å². The van der Waals surface area contributed by atoms with Crippen LogP contribution in [-0.4, -0.2) is 40.7 Å². The second-order valence-corrected chi connectivity index (χ2v) is 6.16. The maximum atomic E-state index is 12.6. The molecule has 5 heteroatoms. The van der Waals surface area contributed by atoms with Gasteiger partial charge in [0.25, 0.3) is 5.91 Å². The zero-order chi connectivity index (χ0) is 14.5. The Bertz CT molecular complexity index is 504.